The molecule has 1 aromatic carbocycles. The van der Waals surface area contributed by atoms with Gasteiger partial charge in [-0.05, 0) is 31.9 Å². The Morgan fingerprint density at radius 3 is 2.32 bits per heavy atom. The number of pyridine rings is 1. The van der Waals surface area contributed by atoms with E-state index < -0.39 is 6.10 Å². The summed E-state index contributed by atoms with van der Waals surface area (Å²) in [5, 5.41) is 33.1. The Labute approximate surface area is 166 Å². The van der Waals surface area contributed by atoms with Crippen molar-refractivity contribution in [3.05, 3.63) is 41.7 Å². The van der Waals surface area contributed by atoms with Crippen LogP contribution in [0.3, 0.4) is 0 Å². The normalized spacial score (nSPS) is 13.4. The van der Waals surface area contributed by atoms with E-state index in [1.54, 1.807) is 13.8 Å². The molecule has 0 amide bonds. The minimum atomic E-state index is -0.799. The van der Waals surface area contributed by atoms with Crippen molar-refractivity contribution in [3.8, 4) is 23.0 Å². The number of aromatic nitrogens is 1. The molecule has 0 aliphatic heterocycles. The van der Waals surface area contributed by atoms with Crippen molar-refractivity contribution in [1.29, 1.82) is 0 Å². The number of aliphatic hydroxyl groups excluding tert-OH is 1. The number of rotatable bonds is 10. The third-order valence-corrected chi connectivity index (χ3v) is 4.37. The van der Waals surface area contributed by atoms with Gasteiger partial charge in [-0.2, -0.15) is 0 Å². The number of nitrogens with zero attached hydrogens (tertiary/aromatic N) is 1. The Kier molecular flexibility index (Phi) is 7.90. The van der Waals surface area contributed by atoms with Crippen LogP contribution in [0.15, 0.2) is 30.3 Å². The van der Waals surface area contributed by atoms with E-state index in [1.807, 2.05) is 30.3 Å². The van der Waals surface area contributed by atoms with Crippen molar-refractivity contribution >= 4 is 0 Å². The first-order valence-electron chi connectivity index (χ1n) is 9.42. The van der Waals surface area contributed by atoms with Gasteiger partial charge in [0, 0.05) is 13.1 Å². The predicted molar refractivity (Wildman–Crippen MR) is 107 cm³/mol. The lowest BCUT2D eigenvalue weighted by Crippen LogP contribution is -2.40. The molecule has 0 fully saturated rings. The zero-order valence-electron chi connectivity index (χ0n) is 16.8. The molecule has 0 spiro atoms. The van der Waals surface area contributed by atoms with Crippen molar-refractivity contribution in [2.75, 3.05) is 19.7 Å². The molecule has 1 heterocycles. The molecular weight excluding hydrogens is 360 g/mol. The van der Waals surface area contributed by atoms with Crippen molar-refractivity contribution in [2.45, 2.75) is 39.9 Å². The van der Waals surface area contributed by atoms with Crippen LogP contribution in [0, 0.1) is 19.8 Å². The average molecular weight is 390 g/mol. The average Bonchev–Trinajstić information content (AvgIpc) is 2.66. The summed E-state index contributed by atoms with van der Waals surface area (Å²) >= 11 is 0. The zero-order valence-corrected chi connectivity index (χ0v) is 16.8. The van der Waals surface area contributed by atoms with Gasteiger partial charge in [0.15, 0.2) is 11.5 Å². The first-order chi connectivity index (χ1) is 13.3. The summed E-state index contributed by atoms with van der Waals surface area (Å²) in [6, 6.07) is 9.62. The molecule has 0 saturated carbocycles. The molecule has 0 bridgehead atoms. The van der Waals surface area contributed by atoms with E-state index in [-0.39, 0.29) is 30.0 Å². The second-order valence-corrected chi connectivity index (χ2v) is 7.15. The number of aliphatic hydroxyl groups is 1. The summed E-state index contributed by atoms with van der Waals surface area (Å²) in [6.07, 6.45) is -0.841. The van der Waals surface area contributed by atoms with Gasteiger partial charge in [-0.1, -0.05) is 32.0 Å². The Balaban J connectivity index is 1.82. The fourth-order valence-electron chi connectivity index (χ4n) is 2.70. The van der Waals surface area contributed by atoms with Crippen LogP contribution in [0.2, 0.25) is 0 Å². The molecule has 0 aliphatic carbocycles. The van der Waals surface area contributed by atoms with E-state index in [0.29, 0.717) is 30.4 Å². The largest absolute Gasteiger partial charge is 0.503 e. The van der Waals surface area contributed by atoms with Crippen LogP contribution < -0.4 is 14.8 Å². The number of hydrogen-bond acceptors (Lipinski definition) is 7. The standard InChI is InChI=1S/C21H30N2O5/c1-13(2)18(28-17-8-6-5-7-9-17)11-22-10-16(24)12-27-21-15(4)23-14(3)19(25)20(21)26/h5-9,13,16,18,22,24-25H,10-12H2,1-4H3,(H,23,26). The van der Waals surface area contributed by atoms with E-state index in [2.05, 4.69) is 24.1 Å². The maximum Gasteiger partial charge on any atom is 0.204 e. The summed E-state index contributed by atoms with van der Waals surface area (Å²) in [7, 11) is 0. The third-order valence-electron chi connectivity index (χ3n) is 4.37. The molecule has 2 atom stereocenters. The smallest absolute Gasteiger partial charge is 0.204 e. The number of nitrogens with one attached hydrogen (secondary N) is 1. The first kappa shape index (κ1) is 21.8. The van der Waals surface area contributed by atoms with E-state index in [0.717, 1.165) is 5.75 Å². The lowest BCUT2D eigenvalue weighted by molar-refractivity contribution is 0.0949. The van der Waals surface area contributed by atoms with Gasteiger partial charge in [0.05, 0.1) is 11.4 Å². The highest BCUT2D eigenvalue weighted by Gasteiger charge is 2.18. The number of para-hydroxylation sites is 1. The molecule has 154 valence electrons. The van der Waals surface area contributed by atoms with Crippen LogP contribution in [-0.2, 0) is 0 Å². The minimum absolute atomic E-state index is 0.0416. The van der Waals surface area contributed by atoms with Crippen molar-refractivity contribution < 1.29 is 24.8 Å². The van der Waals surface area contributed by atoms with Gasteiger partial charge < -0.3 is 30.1 Å². The minimum Gasteiger partial charge on any atom is -0.503 e. The summed E-state index contributed by atoms with van der Waals surface area (Å²) in [4.78, 5) is 4.11. The molecule has 2 rings (SSSR count). The van der Waals surface area contributed by atoms with Gasteiger partial charge in [-0.25, -0.2) is 0 Å². The van der Waals surface area contributed by atoms with Crippen LogP contribution in [0.1, 0.15) is 25.2 Å². The first-order valence-corrected chi connectivity index (χ1v) is 9.42. The maximum absolute atomic E-state index is 10.2. The molecule has 0 aliphatic rings. The molecule has 0 saturated heterocycles. The molecule has 2 unspecified atom stereocenters. The maximum atomic E-state index is 10.2. The highest BCUT2D eigenvalue weighted by molar-refractivity contribution is 5.53. The quantitative estimate of drug-likeness (QED) is 0.494. The van der Waals surface area contributed by atoms with Crippen LogP contribution in [0.5, 0.6) is 23.0 Å². The lowest BCUT2D eigenvalue weighted by atomic mass is 10.1. The second kappa shape index (κ2) is 10.1. The van der Waals surface area contributed by atoms with Crippen molar-refractivity contribution in [2.24, 2.45) is 5.92 Å². The fraction of sp³-hybridized carbons (Fsp3) is 0.476. The topological polar surface area (TPSA) is 104 Å². The molecule has 7 heteroatoms. The van der Waals surface area contributed by atoms with Gasteiger partial charge in [0.25, 0.3) is 0 Å². The van der Waals surface area contributed by atoms with E-state index in [1.165, 1.54) is 0 Å². The zero-order chi connectivity index (χ0) is 20.7. The molecule has 2 aromatic rings. The predicted octanol–water partition coefficient (Wildman–Crippen LogP) is 2.54. The van der Waals surface area contributed by atoms with Gasteiger partial charge in [0.1, 0.15) is 24.6 Å². The molecule has 28 heavy (non-hydrogen) atoms. The van der Waals surface area contributed by atoms with Crippen molar-refractivity contribution in [1.82, 2.24) is 10.3 Å². The molecule has 1 aromatic heterocycles. The Morgan fingerprint density at radius 2 is 1.68 bits per heavy atom. The van der Waals surface area contributed by atoms with Crippen LogP contribution >= 0.6 is 0 Å². The van der Waals surface area contributed by atoms with Crippen molar-refractivity contribution in [3.63, 3.8) is 0 Å². The SMILES string of the molecule is Cc1nc(C)c(OCC(O)CNCC(Oc2ccccc2)C(C)C)c(O)c1O. The third kappa shape index (κ3) is 6.00. The summed E-state index contributed by atoms with van der Waals surface area (Å²) in [5.41, 5.74) is 0.770. The summed E-state index contributed by atoms with van der Waals surface area (Å²) in [5.74, 6) is 0.508. The molecule has 7 nitrogen and oxygen atoms in total. The van der Waals surface area contributed by atoms with Gasteiger partial charge >= 0.3 is 0 Å². The number of aryl methyl sites for hydroxylation is 2. The Hall–Kier alpha value is -2.51. The van der Waals surface area contributed by atoms with Crippen LogP contribution in [0.25, 0.3) is 0 Å². The highest BCUT2D eigenvalue weighted by atomic mass is 16.5. The summed E-state index contributed by atoms with van der Waals surface area (Å²) in [6.45, 7) is 8.24. The van der Waals surface area contributed by atoms with Gasteiger partial charge in [-0.3, -0.25) is 4.98 Å². The molecule has 0 radical (unpaired) electrons. The number of hydrogen-bond donors (Lipinski definition) is 4. The number of benzene rings is 1. The van der Waals surface area contributed by atoms with E-state index in [9.17, 15) is 15.3 Å². The second-order valence-electron chi connectivity index (χ2n) is 7.15. The van der Waals surface area contributed by atoms with Crippen LogP contribution in [0.4, 0.5) is 0 Å². The Morgan fingerprint density at radius 1 is 1.00 bits per heavy atom. The number of ether oxygens (including phenoxy) is 2. The Bertz CT molecular complexity index is 752. The molecule has 4 N–H and O–H groups in total. The van der Waals surface area contributed by atoms with E-state index >= 15 is 0 Å². The monoisotopic (exact) mass is 390 g/mol. The number of aromatic hydroxyl groups is 2. The lowest BCUT2D eigenvalue weighted by Gasteiger charge is -2.24. The summed E-state index contributed by atoms with van der Waals surface area (Å²) < 4.78 is 11.5. The molecular formula is C21H30N2O5. The van der Waals surface area contributed by atoms with Gasteiger partial charge in [-0.15, -0.1) is 0 Å². The fourth-order valence-corrected chi connectivity index (χ4v) is 2.70. The van der Waals surface area contributed by atoms with Gasteiger partial charge in [0.2, 0.25) is 5.75 Å². The highest BCUT2D eigenvalue weighted by Crippen LogP contribution is 2.38. The van der Waals surface area contributed by atoms with Crippen LogP contribution in [-0.4, -0.2) is 52.2 Å². The van der Waals surface area contributed by atoms with E-state index in [4.69, 9.17) is 9.47 Å².